The van der Waals surface area contributed by atoms with Gasteiger partial charge in [-0.2, -0.15) is 0 Å². The van der Waals surface area contributed by atoms with Gasteiger partial charge in [-0.3, -0.25) is 0 Å². The van der Waals surface area contributed by atoms with E-state index in [2.05, 4.69) is 205 Å². The lowest BCUT2D eigenvalue weighted by Gasteiger charge is -2.34. The third-order valence-corrected chi connectivity index (χ3v) is 11.3. The van der Waals surface area contributed by atoms with Gasteiger partial charge in [0, 0.05) is 38.5 Å². The second-order valence-corrected chi connectivity index (χ2v) is 14.1. The first-order valence-electron chi connectivity index (χ1n) is 18.5. The highest BCUT2D eigenvalue weighted by Crippen LogP contribution is 2.58. The lowest BCUT2D eigenvalue weighted by atomic mass is 9.67. The summed E-state index contributed by atoms with van der Waals surface area (Å²) in [6, 6.07) is 71.9. The molecule has 0 radical (unpaired) electrons. The summed E-state index contributed by atoms with van der Waals surface area (Å²) in [7, 11) is 0. The van der Waals surface area contributed by atoms with Gasteiger partial charge in [0.05, 0.1) is 27.7 Å². The van der Waals surface area contributed by atoms with Crippen LogP contribution in [0.3, 0.4) is 0 Å². The molecule has 0 unspecified atom stereocenters. The summed E-state index contributed by atoms with van der Waals surface area (Å²) in [6.45, 7) is 0. The maximum absolute atomic E-state index is 5.67. The Kier molecular flexibility index (Phi) is 6.77. The Morgan fingerprint density at radius 1 is 0.407 bits per heavy atom. The van der Waals surface area contributed by atoms with Crippen LogP contribution < -0.4 is 0 Å². The minimum atomic E-state index is -0.597. The number of nitrogens with zero attached hydrogens (tertiary/aromatic N) is 3. The van der Waals surface area contributed by atoms with Crippen molar-refractivity contribution in [3.8, 4) is 39.5 Å². The zero-order valence-electron chi connectivity index (χ0n) is 29.4. The molecule has 0 aliphatic heterocycles. The second-order valence-electron chi connectivity index (χ2n) is 14.1. The molecule has 0 spiro atoms. The summed E-state index contributed by atoms with van der Waals surface area (Å²) in [6.07, 6.45) is 0. The highest BCUT2D eigenvalue weighted by Gasteiger charge is 2.47. The fourth-order valence-electron chi connectivity index (χ4n) is 9.03. The van der Waals surface area contributed by atoms with Crippen molar-refractivity contribution < 1.29 is 0 Å². The summed E-state index contributed by atoms with van der Waals surface area (Å²) in [5.74, 6) is 0.708. The largest absolute Gasteiger partial charge is 0.309 e. The molecular weight excluding hydrogens is 655 g/mol. The maximum Gasteiger partial charge on any atom is 0.160 e. The normalized spacial score (nSPS) is 13.0. The monoisotopic (exact) mass is 687 g/mol. The smallest absolute Gasteiger partial charge is 0.160 e. The van der Waals surface area contributed by atoms with E-state index >= 15 is 0 Å². The van der Waals surface area contributed by atoms with Crippen LogP contribution in [0.5, 0.6) is 0 Å². The van der Waals surface area contributed by atoms with Gasteiger partial charge in [0.1, 0.15) is 0 Å². The van der Waals surface area contributed by atoms with Gasteiger partial charge in [0.25, 0.3) is 0 Å². The van der Waals surface area contributed by atoms with Crippen LogP contribution in [0.15, 0.2) is 200 Å². The van der Waals surface area contributed by atoms with Crippen molar-refractivity contribution in [3.63, 3.8) is 0 Å². The Morgan fingerprint density at radius 3 is 1.76 bits per heavy atom. The molecule has 0 saturated carbocycles. The topological polar surface area (TPSA) is 30.7 Å². The Balaban J connectivity index is 1.26. The molecule has 8 aromatic carbocycles. The molecule has 3 nitrogen and oxygen atoms in total. The van der Waals surface area contributed by atoms with Crippen LogP contribution in [0.1, 0.15) is 22.3 Å². The number of fused-ring (bicyclic) bond motifs is 8. The fourth-order valence-corrected chi connectivity index (χ4v) is 9.03. The van der Waals surface area contributed by atoms with Crippen LogP contribution in [-0.4, -0.2) is 14.5 Å². The Morgan fingerprint density at radius 2 is 1.02 bits per heavy atom. The Hall–Kier alpha value is -7.10. The van der Waals surface area contributed by atoms with Crippen molar-refractivity contribution in [2.75, 3.05) is 0 Å². The molecule has 54 heavy (non-hydrogen) atoms. The standard InChI is InChI=1S/C51H33N3/c1-5-17-34(18-6-1)48-42-31-30-41-39-25-13-15-27-44(39)51(36-19-7-2-8-20-36,37-21-9-3-10-22-37)47(41)49(42)53-50(52-48)35-29-32-46-43(33-35)40-26-14-16-28-45(40)54(46)38-23-11-4-12-24-38/h1-33H. The van der Waals surface area contributed by atoms with Crippen molar-refractivity contribution in [2.24, 2.45) is 0 Å². The summed E-state index contributed by atoms with van der Waals surface area (Å²) < 4.78 is 2.35. The van der Waals surface area contributed by atoms with Gasteiger partial charge >= 0.3 is 0 Å². The van der Waals surface area contributed by atoms with Crippen LogP contribution in [0.25, 0.3) is 72.2 Å². The van der Waals surface area contributed by atoms with E-state index in [4.69, 9.17) is 9.97 Å². The van der Waals surface area contributed by atoms with Crippen molar-refractivity contribution >= 4 is 32.7 Å². The molecular formula is C51H33N3. The summed E-state index contributed by atoms with van der Waals surface area (Å²) in [5, 5.41) is 3.41. The molecule has 0 saturated heterocycles. The van der Waals surface area contributed by atoms with Crippen molar-refractivity contribution in [1.82, 2.24) is 14.5 Å². The van der Waals surface area contributed by atoms with Crippen molar-refractivity contribution in [2.45, 2.75) is 5.41 Å². The molecule has 3 heteroatoms. The molecule has 2 heterocycles. The summed E-state index contributed by atoms with van der Waals surface area (Å²) in [4.78, 5) is 11.1. The molecule has 0 atom stereocenters. The van der Waals surface area contributed by atoms with Gasteiger partial charge < -0.3 is 4.57 Å². The SMILES string of the molecule is c1ccc(-c2nc(-c3ccc4c(c3)c3ccccc3n4-c3ccccc3)nc3c4c(ccc23)-c2ccccc2C4(c2ccccc2)c2ccccc2)cc1. The molecule has 252 valence electrons. The first-order chi connectivity index (χ1) is 26.8. The van der Waals surface area contributed by atoms with Gasteiger partial charge in [-0.15, -0.1) is 0 Å². The molecule has 11 rings (SSSR count). The third-order valence-electron chi connectivity index (χ3n) is 11.3. The van der Waals surface area contributed by atoms with Crippen molar-refractivity contribution in [3.05, 3.63) is 222 Å². The van der Waals surface area contributed by atoms with E-state index in [0.717, 1.165) is 38.9 Å². The number of para-hydroxylation sites is 2. The van der Waals surface area contributed by atoms with Gasteiger partial charge in [-0.1, -0.05) is 158 Å². The Bertz CT molecular complexity index is 2980. The zero-order valence-corrected chi connectivity index (χ0v) is 29.4. The van der Waals surface area contributed by atoms with Crippen LogP contribution in [-0.2, 0) is 5.41 Å². The molecule has 1 aliphatic carbocycles. The van der Waals surface area contributed by atoms with Crippen molar-refractivity contribution in [1.29, 1.82) is 0 Å². The number of benzene rings is 8. The van der Waals surface area contributed by atoms with Crippen LogP contribution >= 0.6 is 0 Å². The number of aromatic nitrogens is 3. The van der Waals surface area contributed by atoms with E-state index in [0.29, 0.717) is 5.82 Å². The highest BCUT2D eigenvalue weighted by molar-refractivity contribution is 6.11. The number of hydrogen-bond donors (Lipinski definition) is 0. The van der Waals surface area contributed by atoms with E-state index in [9.17, 15) is 0 Å². The quantitative estimate of drug-likeness (QED) is 0.180. The summed E-state index contributed by atoms with van der Waals surface area (Å²) >= 11 is 0. The minimum Gasteiger partial charge on any atom is -0.309 e. The predicted octanol–water partition coefficient (Wildman–Crippen LogP) is 12.4. The molecule has 0 amide bonds. The first kappa shape index (κ1) is 30.5. The third kappa shape index (κ3) is 4.36. The van der Waals surface area contributed by atoms with E-state index in [1.54, 1.807) is 0 Å². The Labute approximate surface area is 313 Å². The van der Waals surface area contributed by atoms with E-state index in [-0.39, 0.29) is 0 Å². The molecule has 10 aromatic rings. The lowest BCUT2D eigenvalue weighted by molar-refractivity contribution is 0.773. The predicted molar refractivity (Wildman–Crippen MR) is 222 cm³/mol. The number of hydrogen-bond acceptors (Lipinski definition) is 2. The lowest BCUT2D eigenvalue weighted by Crippen LogP contribution is -2.29. The van der Waals surface area contributed by atoms with E-state index in [1.165, 1.54) is 49.7 Å². The van der Waals surface area contributed by atoms with Gasteiger partial charge in [0.15, 0.2) is 5.82 Å². The van der Waals surface area contributed by atoms with Gasteiger partial charge in [0.2, 0.25) is 0 Å². The van der Waals surface area contributed by atoms with Crippen LogP contribution in [0.4, 0.5) is 0 Å². The molecule has 1 aliphatic rings. The maximum atomic E-state index is 5.67. The average molecular weight is 688 g/mol. The van der Waals surface area contributed by atoms with Gasteiger partial charge in [-0.05, 0) is 70.3 Å². The van der Waals surface area contributed by atoms with Crippen LogP contribution in [0, 0.1) is 0 Å². The molecule has 2 aromatic heterocycles. The van der Waals surface area contributed by atoms with E-state index < -0.39 is 5.41 Å². The highest BCUT2D eigenvalue weighted by atomic mass is 15.0. The summed E-state index contributed by atoms with van der Waals surface area (Å²) in [5.41, 5.74) is 14.1. The molecule has 0 fully saturated rings. The second kappa shape index (κ2) is 12.0. The van der Waals surface area contributed by atoms with Gasteiger partial charge in [-0.25, -0.2) is 9.97 Å². The fraction of sp³-hybridized carbons (Fsp3) is 0.0196. The van der Waals surface area contributed by atoms with E-state index in [1.807, 2.05) is 0 Å². The number of rotatable bonds is 5. The van der Waals surface area contributed by atoms with Crippen LogP contribution in [0.2, 0.25) is 0 Å². The first-order valence-corrected chi connectivity index (χ1v) is 18.5. The molecule has 0 N–H and O–H groups in total. The average Bonchev–Trinajstić information content (AvgIpc) is 3.75. The minimum absolute atomic E-state index is 0.597. The molecule has 0 bridgehead atoms. The zero-order chi connectivity index (χ0) is 35.6.